The molecule has 16 heavy (non-hydrogen) atoms. The molecular formula is C14H21FO. The third kappa shape index (κ3) is 3.84. The Balaban J connectivity index is 2.59. The molecular weight excluding hydrogens is 203 g/mol. The number of halogens is 1. The average Bonchev–Trinajstić information content (AvgIpc) is 2.16. The van der Waals surface area contributed by atoms with Crippen LogP contribution in [-0.4, -0.2) is 6.61 Å². The summed E-state index contributed by atoms with van der Waals surface area (Å²) < 4.78 is 19.1. The Morgan fingerprint density at radius 2 is 1.88 bits per heavy atom. The van der Waals surface area contributed by atoms with E-state index in [0.717, 1.165) is 12.0 Å². The normalized spacial score (nSPS) is 11.2. The first-order valence-electron chi connectivity index (χ1n) is 5.93. The van der Waals surface area contributed by atoms with Gasteiger partial charge in [-0.15, -0.1) is 0 Å². The zero-order chi connectivity index (χ0) is 12.1. The van der Waals surface area contributed by atoms with Crippen molar-refractivity contribution in [2.24, 2.45) is 5.92 Å². The maximum atomic E-state index is 13.6. The average molecular weight is 224 g/mol. The van der Waals surface area contributed by atoms with E-state index in [2.05, 4.69) is 13.8 Å². The fraction of sp³-hybridized carbons (Fsp3) is 0.571. The summed E-state index contributed by atoms with van der Waals surface area (Å²) in [6.45, 7) is 8.91. The van der Waals surface area contributed by atoms with Gasteiger partial charge in [0.05, 0.1) is 6.61 Å². The first-order valence-corrected chi connectivity index (χ1v) is 5.93. The second-order valence-corrected chi connectivity index (χ2v) is 4.87. The van der Waals surface area contributed by atoms with Crippen LogP contribution in [0.3, 0.4) is 0 Å². The topological polar surface area (TPSA) is 9.23 Å². The number of rotatable bonds is 5. The highest BCUT2D eigenvalue weighted by Crippen LogP contribution is 2.23. The van der Waals surface area contributed by atoms with Gasteiger partial charge in [0.1, 0.15) is 11.6 Å². The van der Waals surface area contributed by atoms with E-state index in [0.29, 0.717) is 18.3 Å². The maximum absolute atomic E-state index is 13.6. The van der Waals surface area contributed by atoms with Gasteiger partial charge in [-0.05, 0) is 29.9 Å². The molecule has 0 aliphatic carbocycles. The van der Waals surface area contributed by atoms with Crippen molar-refractivity contribution in [1.29, 1.82) is 0 Å². The minimum absolute atomic E-state index is 0.169. The third-order valence-corrected chi connectivity index (χ3v) is 2.56. The van der Waals surface area contributed by atoms with E-state index in [1.54, 1.807) is 0 Å². The minimum Gasteiger partial charge on any atom is -0.493 e. The van der Waals surface area contributed by atoms with Gasteiger partial charge < -0.3 is 4.74 Å². The van der Waals surface area contributed by atoms with Gasteiger partial charge in [-0.25, -0.2) is 4.39 Å². The molecule has 0 aromatic heterocycles. The molecule has 1 aromatic rings. The third-order valence-electron chi connectivity index (χ3n) is 2.56. The molecule has 0 heterocycles. The lowest BCUT2D eigenvalue weighted by atomic mass is 10.0. The van der Waals surface area contributed by atoms with Gasteiger partial charge in [-0.1, -0.05) is 33.8 Å². The summed E-state index contributed by atoms with van der Waals surface area (Å²) in [4.78, 5) is 0. The van der Waals surface area contributed by atoms with Crippen molar-refractivity contribution in [2.75, 3.05) is 6.61 Å². The molecule has 0 aliphatic rings. The van der Waals surface area contributed by atoms with Gasteiger partial charge in [0.15, 0.2) is 0 Å². The Hall–Kier alpha value is -1.05. The highest BCUT2D eigenvalue weighted by molar-refractivity contribution is 5.30. The van der Waals surface area contributed by atoms with Crippen molar-refractivity contribution in [3.63, 3.8) is 0 Å². The molecule has 0 atom stereocenters. The smallest absolute Gasteiger partial charge is 0.130 e. The van der Waals surface area contributed by atoms with Crippen molar-refractivity contribution in [3.05, 3.63) is 29.6 Å². The number of ether oxygens (including phenoxy) is 1. The Kier molecular flexibility index (Phi) is 4.78. The van der Waals surface area contributed by atoms with E-state index in [1.165, 1.54) is 6.07 Å². The van der Waals surface area contributed by atoms with Gasteiger partial charge in [-0.3, -0.25) is 0 Å². The van der Waals surface area contributed by atoms with Crippen LogP contribution < -0.4 is 4.74 Å². The molecule has 0 spiro atoms. The second kappa shape index (κ2) is 5.88. The van der Waals surface area contributed by atoms with Crippen LogP contribution >= 0.6 is 0 Å². The molecule has 0 saturated heterocycles. The van der Waals surface area contributed by atoms with Crippen molar-refractivity contribution in [1.82, 2.24) is 0 Å². The fourth-order valence-corrected chi connectivity index (χ4v) is 1.48. The van der Waals surface area contributed by atoms with Crippen LogP contribution in [-0.2, 0) is 0 Å². The molecule has 0 unspecified atom stereocenters. The van der Waals surface area contributed by atoms with E-state index in [9.17, 15) is 4.39 Å². The summed E-state index contributed by atoms with van der Waals surface area (Å²) in [6.07, 6.45) is 0.994. The quantitative estimate of drug-likeness (QED) is 0.721. The van der Waals surface area contributed by atoms with E-state index < -0.39 is 0 Å². The number of hydrogen-bond donors (Lipinski definition) is 0. The standard InChI is InChI=1S/C14H21FO/c1-10(2)7-8-16-12-5-6-13(11(3)4)14(15)9-12/h5-6,9-11H,7-8H2,1-4H3. The van der Waals surface area contributed by atoms with E-state index >= 15 is 0 Å². The Labute approximate surface area is 97.6 Å². The lowest BCUT2D eigenvalue weighted by molar-refractivity contribution is 0.288. The molecule has 90 valence electrons. The van der Waals surface area contributed by atoms with Crippen LogP contribution in [0.5, 0.6) is 5.75 Å². The van der Waals surface area contributed by atoms with Crippen LogP contribution in [0.4, 0.5) is 4.39 Å². The SMILES string of the molecule is CC(C)CCOc1ccc(C(C)C)c(F)c1. The Morgan fingerprint density at radius 3 is 2.38 bits per heavy atom. The molecule has 0 saturated carbocycles. The summed E-state index contributed by atoms with van der Waals surface area (Å²) in [5.74, 6) is 1.28. The van der Waals surface area contributed by atoms with Gasteiger partial charge in [0.2, 0.25) is 0 Å². The lowest BCUT2D eigenvalue weighted by Crippen LogP contribution is -2.02. The van der Waals surface area contributed by atoms with Crippen LogP contribution in [0, 0.1) is 11.7 Å². The zero-order valence-electron chi connectivity index (χ0n) is 10.6. The highest BCUT2D eigenvalue weighted by Gasteiger charge is 2.07. The van der Waals surface area contributed by atoms with Gasteiger partial charge in [0.25, 0.3) is 0 Å². The summed E-state index contributed by atoms with van der Waals surface area (Å²) >= 11 is 0. The van der Waals surface area contributed by atoms with Gasteiger partial charge in [0, 0.05) is 6.07 Å². The molecule has 0 amide bonds. The lowest BCUT2D eigenvalue weighted by Gasteiger charge is -2.11. The molecule has 1 rings (SSSR count). The van der Waals surface area contributed by atoms with Crippen LogP contribution in [0.25, 0.3) is 0 Å². The maximum Gasteiger partial charge on any atom is 0.130 e. The zero-order valence-corrected chi connectivity index (χ0v) is 10.6. The van der Waals surface area contributed by atoms with Crippen LogP contribution in [0.2, 0.25) is 0 Å². The van der Waals surface area contributed by atoms with Crippen LogP contribution in [0.15, 0.2) is 18.2 Å². The highest BCUT2D eigenvalue weighted by atomic mass is 19.1. The molecule has 1 nitrogen and oxygen atoms in total. The van der Waals surface area contributed by atoms with E-state index in [1.807, 2.05) is 26.0 Å². The molecule has 0 bridgehead atoms. The fourth-order valence-electron chi connectivity index (χ4n) is 1.48. The molecule has 2 heteroatoms. The molecule has 0 fully saturated rings. The Bertz CT molecular complexity index is 332. The summed E-state index contributed by atoms with van der Waals surface area (Å²) in [7, 11) is 0. The first-order chi connectivity index (χ1) is 7.50. The molecule has 1 aromatic carbocycles. The molecule has 0 radical (unpaired) electrons. The monoisotopic (exact) mass is 224 g/mol. The van der Waals surface area contributed by atoms with Crippen molar-refractivity contribution in [2.45, 2.75) is 40.0 Å². The summed E-state index contributed by atoms with van der Waals surface area (Å²) in [5, 5.41) is 0. The predicted octanol–water partition coefficient (Wildman–Crippen LogP) is 4.37. The minimum atomic E-state index is -0.169. The second-order valence-electron chi connectivity index (χ2n) is 4.87. The van der Waals surface area contributed by atoms with Crippen molar-refractivity contribution < 1.29 is 9.13 Å². The van der Waals surface area contributed by atoms with Crippen LogP contribution in [0.1, 0.15) is 45.6 Å². The number of benzene rings is 1. The van der Waals surface area contributed by atoms with Gasteiger partial charge in [-0.2, -0.15) is 0 Å². The number of hydrogen-bond acceptors (Lipinski definition) is 1. The summed E-state index contributed by atoms with van der Waals surface area (Å²) in [6, 6.07) is 5.14. The Morgan fingerprint density at radius 1 is 1.19 bits per heavy atom. The van der Waals surface area contributed by atoms with Gasteiger partial charge >= 0.3 is 0 Å². The van der Waals surface area contributed by atoms with E-state index in [4.69, 9.17) is 4.74 Å². The van der Waals surface area contributed by atoms with E-state index in [-0.39, 0.29) is 11.7 Å². The first kappa shape index (κ1) is 13.0. The predicted molar refractivity (Wildman–Crippen MR) is 65.4 cm³/mol. The van der Waals surface area contributed by atoms with Crippen molar-refractivity contribution >= 4 is 0 Å². The molecule has 0 N–H and O–H groups in total. The largest absolute Gasteiger partial charge is 0.493 e. The molecule has 0 aliphatic heterocycles. The van der Waals surface area contributed by atoms with Crippen molar-refractivity contribution in [3.8, 4) is 5.75 Å². The summed E-state index contributed by atoms with van der Waals surface area (Å²) in [5.41, 5.74) is 0.746.